The van der Waals surface area contributed by atoms with E-state index >= 15 is 0 Å². The number of hydrogen-bond donors (Lipinski definition) is 1. The zero-order valence-electron chi connectivity index (χ0n) is 12.9. The molecule has 0 unspecified atom stereocenters. The van der Waals surface area contributed by atoms with Gasteiger partial charge in [-0.1, -0.05) is 6.07 Å². The number of halogens is 6. The molecule has 2 rings (SSSR count). The van der Waals surface area contributed by atoms with E-state index in [1.807, 2.05) is 6.07 Å². The van der Waals surface area contributed by atoms with Gasteiger partial charge in [0, 0.05) is 12.1 Å². The maximum absolute atomic E-state index is 12.8. The molecule has 0 radical (unpaired) electrons. The van der Waals surface area contributed by atoms with Crippen LogP contribution >= 0.6 is 0 Å². The Hall–Kier alpha value is -3.02. The lowest BCUT2D eigenvalue weighted by molar-refractivity contribution is -0.143. The van der Waals surface area contributed by atoms with Crippen LogP contribution < -0.4 is 5.32 Å². The quantitative estimate of drug-likeness (QED) is 0.805. The van der Waals surface area contributed by atoms with Crippen LogP contribution in [0.1, 0.15) is 32.6 Å². The van der Waals surface area contributed by atoms with E-state index in [-0.39, 0.29) is 22.8 Å². The van der Waals surface area contributed by atoms with E-state index in [2.05, 4.69) is 5.32 Å². The highest BCUT2D eigenvalue weighted by molar-refractivity contribution is 5.94. The number of rotatable bonds is 3. The van der Waals surface area contributed by atoms with Gasteiger partial charge in [0.05, 0.1) is 22.8 Å². The Labute approximate surface area is 143 Å². The maximum Gasteiger partial charge on any atom is 0.416 e. The zero-order chi connectivity index (χ0) is 19.5. The van der Waals surface area contributed by atoms with Crippen LogP contribution in [0.5, 0.6) is 0 Å². The first-order chi connectivity index (χ1) is 12.0. The molecule has 136 valence electrons. The fourth-order valence-electron chi connectivity index (χ4n) is 2.14. The van der Waals surface area contributed by atoms with Crippen LogP contribution in [0, 0.1) is 11.3 Å². The van der Waals surface area contributed by atoms with Crippen LogP contribution in [0.2, 0.25) is 0 Å². The van der Waals surface area contributed by atoms with Gasteiger partial charge < -0.3 is 5.32 Å². The van der Waals surface area contributed by atoms with Crippen molar-refractivity contribution in [3.63, 3.8) is 0 Å². The lowest BCUT2D eigenvalue weighted by Crippen LogP contribution is -2.23. The number of hydrogen-bond acceptors (Lipinski definition) is 2. The average Bonchev–Trinajstić information content (AvgIpc) is 2.58. The molecule has 1 N–H and O–H groups in total. The van der Waals surface area contributed by atoms with E-state index in [1.54, 1.807) is 0 Å². The third-order valence-electron chi connectivity index (χ3n) is 3.35. The summed E-state index contributed by atoms with van der Waals surface area (Å²) < 4.78 is 76.8. The Kier molecular flexibility index (Phi) is 5.25. The number of amides is 1. The smallest absolute Gasteiger partial charge is 0.348 e. The lowest BCUT2D eigenvalue weighted by Gasteiger charge is -2.14. The second-order valence-electron chi connectivity index (χ2n) is 5.29. The Morgan fingerprint density at radius 2 is 1.54 bits per heavy atom. The first kappa shape index (κ1) is 19.3. The van der Waals surface area contributed by atoms with Crippen LogP contribution in [-0.4, -0.2) is 5.91 Å². The maximum atomic E-state index is 12.8. The molecule has 0 saturated carbocycles. The van der Waals surface area contributed by atoms with Crippen molar-refractivity contribution < 1.29 is 31.1 Å². The monoisotopic (exact) mass is 372 g/mol. The SMILES string of the molecule is N#Cc1cccc(C(=O)NCc2cc(C(F)(F)F)cc(C(F)(F)F)c2)c1. The molecule has 0 aliphatic carbocycles. The third kappa shape index (κ3) is 4.75. The van der Waals surface area contributed by atoms with E-state index in [9.17, 15) is 31.1 Å². The van der Waals surface area contributed by atoms with E-state index < -0.39 is 35.9 Å². The van der Waals surface area contributed by atoms with Crippen LogP contribution in [0.3, 0.4) is 0 Å². The molecule has 0 spiro atoms. The Morgan fingerprint density at radius 3 is 2.04 bits per heavy atom. The summed E-state index contributed by atoms with van der Waals surface area (Å²) in [4.78, 5) is 12.0. The van der Waals surface area contributed by atoms with Crippen molar-refractivity contribution in [2.45, 2.75) is 18.9 Å². The first-order valence-corrected chi connectivity index (χ1v) is 7.07. The summed E-state index contributed by atoms with van der Waals surface area (Å²) in [6, 6.07) is 8.41. The van der Waals surface area contributed by atoms with Gasteiger partial charge in [-0.05, 0) is 42.0 Å². The van der Waals surface area contributed by atoms with Crippen molar-refractivity contribution in [3.05, 3.63) is 70.3 Å². The highest BCUT2D eigenvalue weighted by Crippen LogP contribution is 2.36. The summed E-state index contributed by atoms with van der Waals surface area (Å²) in [7, 11) is 0. The number of nitrogens with zero attached hydrogens (tertiary/aromatic N) is 1. The van der Waals surface area contributed by atoms with Crippen molar-refractivity contribution in [2.24, 2.45) is 0 Å². The molecule has 3 nitrogen and oxygen atoms in total. The molecule has 0 bridgehead atoms. The highest BCUT2D eigenvalue weighted by Gasteiger charge is 2.36. The minimum absolute atomic E-state index is 0.0156. The summed E-state index contributed by atoms with van der Waals surface area (Å²) in [6.45, 7) is -0.539. The number of nitriles is 1. The van der Waals surface area contributed by atoms with Crippen LogP contribution in [0.4, 0.5) is 26.3 Å². The Bertz CT molecular complexity index is 833. The van der Waals surface area contributed by atoms with Crippen molar-refractivity contribution in [2.75, 3.05) is 0 Å². The molecular weight excluding hydrogens is 362 g/mol. The van der Waals surface area contributed by atoms with Gasteiger partial charge in [0.15, 0.2) is 0 Å². The Morgan fingerprint density at radius 1 is 0.962 bits per heavy atom. The summed E-state index contributed by atoms with van der Waals surface area (Å²) in [5.74, 6) is -0.729. The fraction of sp³-hybridized carbons (Fsp3) is 0.176. The molecule has 9 heteroatoms. The van der Waals surface area contributed by atoms with Gasteiger partial charge in [0.25, 0.3) is 5.91 Å². The number of alkyl halides is 6. The summed E-state index contributed by atoms with van der Waals surface area (Å²) >= 11 is 0. The molecule has 2 aromatic rings. The normalized spacial score (nSPS) is 11.7. The van der Waals surface area contributed by atoms with E-state index in [4.69, 9.17) is 5.26 Å². The molecule has 0 saturated heterocycles. The van der Waals surface area contributed by atoms with Gasteiger partial charge in [-0.15, -0.1) is 0 Å². The minimum atomic E-state index is -4.96. The minimum Gasteiger partial charge on any atom is -0.348 e. The standard InChI is InChI=1S/C17H10F6N2O/c18-16(19,20)13-5-11(6-14(7-13)17(21,22)23)9-25-15(26)12-3-1-2-10(4-12)8-24/h1-7H,9H2,(H,25,26). The van der Waals surface area contributed by atoms with Gasteiger partial charge in [-0.2, -0.15) is 31.6 Å². The predicted molar refractivity (Wildman–Crippen MR) is 78.8 cm³/mol. The molecule has 0 aliphatic rings. The first-order valence-electron chi connectivity index (χ1n) is 7.07. The number of carbonyl (C=O) groups excluding carboxylic acids is 1. The van der Waals surface area contributed by atoms with Crippen molar-refractivity contribution >= 4 is 5.91 Å². The molecule has 0 heterocycles. The van der Waals surface area contributed by atoms with Crippen LogP contribution in [-0.2, 0) is 18.9 Å². The lowest BCUT2D eigenvalue weighted by atomic mass is 10.0. The van der Waals surface area contributed by atoms with E-state index in [0.717, 1.165) is 0 Å². The average molecular weight is 372 g/mol. The predicted octanol–water partition coefficient (Wildman–Crippen LogP) is 4.53. The second-order valence-corrected chi connectivity index (χ2v) is 5.29. The van der Waals surface area contributed by atoms with Crippen LogP contribution in [0.15, 0.2) is 42.5 Å². The molecule has 26 heavy (non-hydrogen) atoms. The van der Waals surface area contributed by atoms with Gasteiger partial charge in [-0.3, -0.25) is 4.79 Å². The van der Waals surface area contributed by atoms with Gasteiger partial charge in [0.1, 0.15) is 0 Å². The third-order valence-corrected chi connectivity index (χ3v) is 3.35. The van der Waals surface area contributed by atoms with Gasteiger partial charge in [-0.25, -0.2) is 0 Å². The summed E-state index contributed by atoms with van der Waals surface area (Å²) in [5, 5.41) is 11.0. The topological polar surface area (TPSA) is 52.9 Å². The Balaban J connectivity index is 2.25. The van der Waals surface area contributed by atoms with Gasteiger partial charge >= 0.3 is 12.4 Å². The molecule has 0 aromatic heterocycles. The highest BCUT2D eigenvalue weighted by atomic mass is 19.4. The number of nitrogens with one attached hydrogen (secondary N) is 1. The molecular formula is C17H10F6N2O. The molecule has 1 amide bonds. The second kappa shape index (κ2) is 7.07. The largest absolute Gasteiger partial charge is 0.416 e. The fourth-order valence-corrected chi connectivity index (χ4v) is 2.14. The van der Waals surface area contributed by atoms with Crippen LogP contribution in [0.25, 0.3) is 0 Å². The van der Waals surface area contributed by atoms with Crippen molar-refractivity contribution in [1.82, 2.24) is 5.32 Å². The summed E-state index contributed by atoms with van der Waals surface area (Å²) in [6.07, 6.45) is -9.91. The molecule has 0 atom stereocenters. The van der Waals surface area contributed by atoms with Crippen molar-refractivity contribution in [3.8, 4) is 6.07 Å². The van der Waals surface area contributed by atoms with Gasteiger partial charge in [0.2, 0.25) is 0 Å². The summed E-state index contributed by atoms with van der Waals surface area (Å²) in [5.41, 5.74) is -3.01. The number of carbonyl (C=O) groups is 1. The van der Waals surface area contributed by atoms with Crippen molar-refractivity contribution in [1.29, 1.82) is 5.26 Å². The zero-order valence-corrected chi connectivity index (χ0v) is 12.9. The number of benzene rings is 2. The molecule has 2 aromatic carbocycles. The molecule has 0 aliphatic heterocycles. The van der Waals surface area contributed by atoms with E-state index in [1.165, 1.54) is 24.3 Å². The molecule has 0 fully saturated rings. The van der Waals surface area contributed by atoms with E-state index in [0.29, 0.717) is 12.1 Å².